The van der Waals surface area contributed by atoms with Crippen LogP contribution in [0.1, 0.15) is 6.92 Å². The fourth-order valence-corrected chi connectivity index (χ4v) is 0.161. The minimum Gasteiger partial charge on any atom is -0.489 e. The topological polar surface area (TPSA) is 26.3 Å². The van der Waals surface area contributed by atoms with Crippen LogP contribution in [0.25, 0.3) is 0 Å². The molecule has 0 bridgehead atoms. The van der Waals surface area contributed by atoms with E-state index in [4.69, 9.17) is 0 Å². The van der Waals surface area contributed by atoms with Gasteiger partial charge in [0.2, 0.25) is 0 Å². The van der Waals surface area contributed by atoms with Gasteiger partial charge in [-0.15, -0.1) is 0 Å². The minimum atomic E-state index is -0.461. The van der Waals surface area contributed by atoms with Gasteiger partial charge in [-0.25, -0.2) is 0 Å². The van der Waals surface area contributed by atoms with Crippen molar-refractivity contribution in [2.24, 2.45) is 0 Å². The zero-order valence-electron chi connectivity index (χ0n) is 4.03. The molecule has 46 valence electrons. The summed E-state index contributed by atoms with van der Waals surface area (Å²) in [4.78, 5) is 9.71. The summed E-state index contributed by atoms with van der Waals surface area (Å²) in [6, 6.07) is 0. The van der Waals surface area contributed by atoms with Crippen molar-refractivity contribution in [2.45, 2.75) is 6.92 Å². The maximum Gasteiger partial charge on any atom is 1.00 e. The van der Waals surface area contributed by atoms with Gasteiger partial charge >= 0.3 is 17.1 Å². The maximum absolute atomic E-state index is 9.71. The van der Waals surface area contributed by atoms with Crippen molar-refractivity contribution in [1.82, 2.24) is 0 Å². The Morgan fingerprint density at radius 1 is 1.86 bits per heavy atom. The normalized spacial score (nSPS) is 6.43. The maximum atomic E-state index is 9.71. The van der Waals surface area contributed by atoms with E-state index in [1.165, 1.54) is 0 Å². The number of hydrogen-bond acceptors (Lipinski definition) is 2. The fourth-order valence-electron chi connectivity index (χ4n) is 0.161. The van der Waals surface area contributed by atoms with Crippen molar-refractivity contribution in [3.63, 3.8) is 0 Å². The average molecular weight is 151 g/mol. The van der Waals surface area contributed by atoms with Gasteiger partial charge in [-0.1, -0.05) is 0 Å². The Labute approximate surface area is 53.7 Å². The Morgan fingerprint density at radius 3 is 2.29 bits per heavy atom. The molecule has 0 aromatic heterocycles. The Kier molecular flexibility index (Phi) is 8.35. The van der Waals surface area contributed by atoms with Crippen molar-refractivity contribution >= 4 is 5.97 Å². The quantitative estimate of drug-likeness (QED) is 0.307. The van der Waals surface area contributed by atoms with Crippen LogP contribution in [-0.2, 0) is 26.6 Å². The van der Waals surface area contributed by atoms with Crippen LogP contribution in [-0.4, -0.2) is 12.6 Å². The molecule has 0 aromatic rings. The summed E-state index contributed by atoms with van der Waals surface area (Å²) < 4.78 is 4.29. The van der Waals surface area contributed by atoms with Crippen LogP contribution < -0.4 is 0 Å². The number of rotatable bonds is 1. The van der Waals surface area contributed by atoms with Gasteiger partial charge in [0.1, 0.15) is 0 Å². The Morgan fingerprint density at radius 2 is 2.29 bits per heavy atom. The molecule has 0 atom stereocenters. The molecule has 0 saturated carbocycles. The molecule has 0 aliphatic heterocycles. The molecule has 0 aliphatic rings. The van der Waals surface area contributed by atoms with E-state index in [1.54, 1.807) is 6.92 Å². The van der Waals surface area contributed by atoms with Gasteiger partial charge in [0, 0.05) is 0 Å². The molecule has 2 nitrogen and oxygen atoms in total. The number of ether oxygens (including phenoxy) is 1. The van der Waals surface area contributed by atoms with Gasteiger partial charge in [-0.2, -0.15) is 0 Å². The zero-order valence-corrected chi connectivity index (χ0v) is 4.97. The average Bonchev–Trinajstić information content (AvgIpc) is 1.35. The predicted molar refractivity (Wildman–Crippen MR) is 22.0 cm³/mol. The first kappa shape index (κ1) is 9.97. The Hall–Kier alpha value is -0.141. The van der Waals surface area contributed by atoms with Crippen LogP contribution >= 0.6 is 0 Å². The standard InChI is InChI=1S/C4H7O2.Cu/c1-3-6-4(2)5;/h2-3H2,1H3;/q-1;+1. The van der Waals surface area contributed by atoms with E-state index in [0.29, 0.717) is 6.61 Å². The van der Waals surface area contributed by atoms with Crippen molar-refractivity contribution in [3.8, 4) is 0 Å². The van der Waals surface area contributed by atoms with Crippen LogP contribution in [0.2, 0.25) is 0 Å². The number of carbonyl (C=O) groups is 1. The summed E-state index contributed by atoms with van der Waals surface area (Å²) in [5.74, 6) is -0.461. The second-order valence-electron chi connectivity index (χ2n) is 0.805. The molecule has 0 unspecified atom stereocenters. The van der Waals surface area contributed by atoms with E-state index >= 15 is 0 Å². The van der Waals surface area contributed by atoms with E-state index in [2.05, 4.69) is 11.7 Å². The third kappa shape index (κ3) is 10.7. The number of hydrogen-bond donors (Lipinski definition) is 0. The van der Waals surface area contributed by atoms with Crippen LogP contribution in [0.5, 0.6) is 0 Å². The molecular formula is C4H7CuO2. The largest absolute Gasteiger partial charge is 1.00 e. The predicted octanol–water partition coefficient (Wildman–Crippen LogP) is 0.381. The van der Waals surface area contributed by atoms with Crippen LogP contribution in [0.15, 0.2) is 0 Å². The minimum absolute atomic E-state index is 0. The molecule has 3 heteroatoms. The summed E-state index contributed by atoms with van der Waals surface area (Å²) in [6.07, 6.45) is 0. The summed E-state index contributed by atoms with van der Waals surface area (Å²) in [6.45, 7) is 5.13. The zero-order chi connectivity index (χ0) is 4.99. The molecule has 0 aromatic carbocycles. The van der Waals surface area contributed by atoms with Crippen molar-refractivity contribution < 1.29 is 26.6 Å². The molecule has 0 fully saturated rings. The third-order valence-electron chi connectivity index (χ3n) is 0.305. The fraction of sp³-hybridized carbons (Fsp3) is 0.500. The van der Waals surface area contributed by atoms with Gasteiger partial charge in [0.15, 0.2) is 5.97 Å². The van der Waals surface area contributed by atoms with Gasteiger partial charge < -0.3 is 4.74 Å². The van der Waals surface area contributed by atoms with E-state index in [0.717, 1.165) is 0 Å². The smallest absolute Gasteiger partial charge is 0.489 e. The van der Waals surface area contributed by atoms with E-state index in [-0.39, 0.29) is 17.1 Å². The van der Waals surface area contributed by atoms with E-state index in [1.807, 2.05) is 0 Å². The summed E-state index contributed by atoms with van der Waals surface area (Å²) in [7, 11) is 0. The first-order chi connectivity index (χ1) is 2.77. The van der Waals surface area contributed by atoms with E-state index in [9.17, 15) is 4.79 Å². The molecule has 0 saturated heterocycles. The summed E-state index contributed by atoms with van der Waals surface area (Å²) in [5.41, 5.74) is 0. The number of carbonyl (C=O) groups excluding carboxylic acids is 1. The summed E-state index contributed by atoms with van der Waals surface area (Å²) in [5, 5.41) is 0. The third-order valence-corrected chi connectivity index (χ3v) is 0.305. The second kappa shape index (κ2) is 5.86. The first-order valence-electron chi connectivity index (χ1n) is 1.76. The van der Waals surface area contributed by atoms with Gasteiger partial charge in [-0.3, -0.25) is 11.7 Å². The molecule has 7 heavy (non-hydrogen) atoms. The monoisotopic (exact) mass is 150 g/mol. The Bertz CT molecular complexity index is 53.7. The van der Waals surface area contributed by atoms with Gasteiger partial charge in [-0.05, 0) is 6.92 Å². The molecule has 0 amide bonds. The van der Waals surface area contributed by atoms with Crippen molar-refractivity contribution in [3.05, 3.63) is 6.92 Å². The number of esters is 1. The molecular weight excluding hydrogens is 144 g/mol. The molecule has 0 N–H and O–H groups in total. The molecule has 0 rings (SSSR count). The van der Waals surface area contributed by atoms with Crippen molar-refractivity contribution in [2.75, 3.05) is 6.61 Å². The molecule has 0 radical (unpaired) electrons. The molecule has 0 heterocycles. The van der Waals surface area contributed by atoms with Crippen LogP contribution in [0.3, 0.4) is 0 Å². The van der Waals surface area contributed by atoms with Gasteiger partial charge in [0.05, 0.1) is 6.61 Å². The molecule has 0 aliphatic carbocycles. The Balaban J connectivity index is 0. The SMILES string of the molecule is [CH2-]C(=O)OCC.[Cu+]. The van der Waals surface area contributed by atoms with Crippen LogP contribution in [0.4, 0.5) is 0 Å². The first-order valence-corrected chi connectivity index (χ1v) is 1.76. The van der Waals surface area contributed by atoms with Crippen molar-refractivity contribution in [1.29, 1.82) is 0 Å². The second-order valence-corrected chi connectivity index (χ2v) is 0.805. The van der Waals surface area contributed by atoms with E-state index < -0.39 is 5.97 Å². The van der Waals surface area contributed by atoms with Gasteiger partial charge in [0.25, 0.3) is 0 Å². The summed E-state index contributed by atoms with van der Waals surface area (Å²) >= 11 is 0. The van der Waals surface area contributed by atoms with Crippen LogP contribution in [0, 0.1) is 6.92 Å². The molecule has 0 spiro atoms.